The highest BCUT2D eigenvalue weighted by molar-refractivity contribution is 5.96. The average Bonchev–Trinajstić information content (AvgIpc) is 2.33. The van der Waals surface area contributed by atoms with Crippen molar-refractivity contribution in [3.63, 3.8) is 0 Å². The normalized spacial score (nSPS) is 11.9. The molecule has 0 saturated carbocycles. The first-order valence-corrected chi connectivity index (χ1v) is 6.11. The van der Waals surface area contributed by atoms with Gasteiger partial charge < -0.3 is 10.2 Å². The minimum absolute atomic E-state index is 0.231. The van der Waals surface area contributed by atoms with Gasteiger partial charge in [0.05, 0.1) is 0 Å². The largest absolute Gasteiger partial charge is 0.357 e. The number of nitrogens with one attached hydrogen (secondary N) is 2. The first-order valence-electron chi connectivity index (χ1n) is 6.11. The van der Waals surface area contributed by atoms with Crippen LogP contribution in [0.5, 0.6) is 0 Å². The van der Waals surface area contributed by atoms with Gasteiger partial charge in [0.15, 0.2) is 0 Å². The number of hydrogen-bond acceptors (Lipinski definition) is 3. The van der Waals surface area contributed by atoms with E-state index in [4.69, 9.17) is 0 Å². The Labute approximate surface area is 108 Å². The number of amides is 4. The maximum absolute atomic E-state index is 11.8. The van der Waals surface area contributed by atoms with Gasteiger partial charge in [0.1, 0.15) is 6.04 Å². The van der Waals surface area contributed by atoms with Gasteiger partial charge in [-0.1, -0.05) is 20.8 Å². The van der Waals surface area contributed by atoms with Gasteiger partial charge in [-0.25, -0.2) is 4.79 Å². The topological polar surface area (TPSA) is 78.5 Å². The number of rotatable bonds is 5. The van der Waals surface area contributed by atoms with Gasteiger partial charge in [-0.15, -0.1) is 0 Å². The van der Waals surface area contributed by atoms with Crippen LogP contribution in [-0.4, -0.2) is 42.9 Å². The predicted octanol–water partition coefficient (Wildman–Crippen LogP) is 0.725. The van der Waals surface area contributed by atoms with E-state index in [0.29, 0.717) is 6.42 Å². The van der Waals surface area contributed by atoms with Crippen LogP contribution in [0.25, 0.3) is 0 Å². The zero-order valence-corrected chi connectivity index (χ0v) is 11.7. The Bertz CT molecular complexity index is 316. The van der Waals surface area contributed by atoms with E-state index in [2.05, 4.69) is 10.6 Å². The second-order valence-electron chi connectivity index (χ2n) is 4.58. The van der Waals surface area contributed by atoms with Gasteiger partial charge in [-0.05, 0) is 12.3 Å². The van der Waals surface area contributed by atoms with E-state index in [9.17, 15) is 14.4 Å². The van der Waals surface area contributed by atoms with E-state index in [0.717, 1.165) is 0 Å². The minimum Gasteiger partial charge on any atom is -0.357 e. The maximum Gasteiger partial charge on any atom is 0.324 e. The van der Waals surface area contributed by atoms with Crippen LogP contribution in [0.4, 0.5) is 4.79 Å². The van der Waals surface area contributed by atoms with Crippen LogP contribution in [0.1, 0.15) is 33.6 Å². The molecule has 0 bridgehead atoms. The molecule has 0 aliphatic heterocycles. The molecule has 0 heterocycles. The Hall–Kier alpha value is -1.59. The molecule has 2 N–H and O–H groups in total. The fraction of sp³-hybridized carbons (Fsp3) is 0.750. The summed E-state index contributed by atoms with van der Waals surface area (Å²) in [6.45, 7) is 5.60. The summed E-state index contributed by atoms with van der Waals surface area (Å²) in [6, 6.07) is -1.12. The summed E-state index contributed by atoms with van der Waals surface area (Å²) in [6.07, 6.45) is 0.776. The highest BCUT2D eigenvalue weighted by Gasteiger charge is 2.27. The molecule has 1 atom stereocenters. The van der Waals surface area contributed by atoms with Crippen molar-refractivity contribution in [2.24, 2.45) is 5.92 Å². The number of carbonyl (C=O) groups is 3. The lowest BCUT2D eigenvalue weighted by Crippen LogP contribution is -2.51. The Morgan fingerprint density at radius 3 is 2.17 bits per heavy atom. The van der Waals surface area contributed by atoms with E-state index < -0.39 is 12.1 Å². The molecule has 0 aliphatic carbocycles. The molecule has 0 rings (SSSR count). The number of carbonyl (C=O) groups excluding carboxylic acids is 3. The molecule has 4 amide bonds. The smallest absolute Gasteiger partial charge is 0.324 e. The molecule has 0 fully saturated rings. The SMILES string of the molecule is CCC(=O)NC(=O)N(C)[C@H](CC(C)C)C(=O)NC. The van der Waals surface area contributed by atoms with Gasteiger partial charge in [-0.3, -0.25) is 14.9 Å². The van der Waals surface area contributed by atoms with Crippen LogP contribution in [-0.2, 0) is 9.59 Å². The summed E-state index contributed by atoms with van der Waals surface area (Å²) in [4.78, 5) is 35.9. The molecule has 0 aromatic rings. The van der Waals surface area contributed by atoms with Gasteiger partial charge in [0, 0.05) is 20.5 Å². The maximum atomic E-state index is 11.8. The van der Waals surface area contributed by atoms with Crippen molar-refractivity contribution in [2.45, 2.75) is 39.7 Å². The summed E-state index contributed by atoms with van der Waals surface area (Å²) in [5.41, 5.74) is 0. The van der Waals surface area contributed by atoms with Gasteiger partial charge >= 0.3 is 6.03 Å². The van der Waals surface area contributed by atoms with E-state index in [-0.39, 0.29) is 24.2 Å². The molecular formula is C12H23N3O3. The third kappa shape index (κ3) is 5.16. The first-order chi connectivity index (χ1) is 8.33. The standard InChI is InChI=1S/C12H23N3O3/c1-6-10(16)14-12(18)15(5)9(7-8(2)3)11(17)13-4/h8-9H,6-7H2,1-5H3,(H,13,17)(H,14,16,18)/t9-/m1/s1. The van der Waals surface area contributed by atoms with Crippen LogP contribution in [0.2, 0.25) is 0 Å². The number of imide groups is 1. The molecule has 0 aromatic carbocycles. The van der Waals surface area contributed by atoms with Crippen LogP contribution < -0.4 is 10.6 Å². The second kappa shape index (κ2) is 7.68. The fourth-order valence-corrected chi connectivity index (χ4v) is 1.49. The molecule has 0 unspecified atom stereocenters. The average molecular weight is 257 g/mol. The van der Waals surface area contributed by atoms with Crippen molar-refractivity contribution >= 4 is 17.8 Å². The molecule has 0 spiro atoms. The van der Waals surface area contributed by atoms with Gasteiger partial charge in [0.25, 0.3) is 0 Å². The summed E-state index contributed by atoms with van der Waals surface area (Å²) < 4.78 is 0. The van der Waals surface area contributed by atoms with Crippen LogP contribution in [0.15, 0.2) is 0 Å². The lowest BCUT2D eigenvalue weighted by Gasteiger charge is -2.27. The number of urea groups is 1. The molecular weight excluding hydrogens is 234 g/mol. The first kappa shape index (κ1) is 16.4. The minimum atomic E-state index is -0.570. The molecule has 0 aliphatic rings. The lowest BCUT2D eigenvalue weighted by atomic mass is 10.0. The summed E-state index contributed by atoms with van der Waals surface area (Å²) in [5, 5.41) is 4.76. The van der Waals surface area contributed by atoms with Crippen LogP contribution in [0, 0.1) is 5.92 Å². The second-order valence-corrected chi connectivity index (χ2v) is 4.58. The molecule has 6 heteroatoms. The van der Waals surface area contributed by atoms with Crippen molar-refractivity contribution in [1.82, 2.24) is 15.5 Å². The zero-order valence-electron chi connectivity index (χ0n) is 11.7. The summed E-state index contributed by atoms with van der Waals surface area (Å²) >= 11 is 0. The van der Waals surface area contributed by atoms with Crippen molar-refractivity contribution < 1.29 is 14.4 Å². The van der Waals surface area contributed by atoms with E-state index in [1.54, 1.807) is 6.92 Å². The van der Waals surface area contributed by atoms with Crippen molar-refractivity contribution in [3.05, 3.63) is 0 Å². The molecule has 18 heavy (non-hydrogen) atoms. The Balaban J connectivity index is 4.73. The van der Waals surface area contributed by atoms with Gasteiger partial charge in [0.2, 0.25) is 11.8 Å². The van der Waals surface area contributed by atoms with Crippen molar-refractivity contribution in [1.29, 1.82) is 0 Å². The van der Waals surface area contributed by atoms with E-state index in [1.165, 1.54) is 19.0 Å². The highest BCUT2D eigenvalue weighted by atomic mass is 16.2. The van der Waals surface area contributed by atoms with Crippen LogP contribution in [0.3, 0.4) is 0 Å². The molecule has 0 saturated heterocycles. The number of nitrogens with zero attached hydrogens (tertiary/aromatic N) is 1. The summed E-state index contributed by atoms with van der Waals surface area (Å²) in [5.74, 6) is -0.318. The monoisotopic (exact) mass is 257 g/mol. The molecule has 0 aromatic heterocycles. The van der Waals surface area contributed by atoms with Crippen molar-refractivity contribution in [3.8, 4) is 0 Å². The van der Waals surface area contributed by atoms with E-state index >= 15 is 0 Å². The quantitative estimate of drug-likeness (QED) is 0.762. The predicted molar refractivity (Wildman–Crippen MR) is 68.9 cm³/mol. The third-order valence-corrected chi connectivity index (χ3v) is 2.60. The third-order valence-electron chi connectivity index (χ3n) is 2.60. The molecule has 0 radical (unpaired) electrons. The number of likely N-dealkylation sites (N-methyl/N-ethyl adjacent to an activating group) is 2. The molecule has 6 nitrogen and oxygen atoms in total. The zero-order chi connectivity index (χ0) is 14.3. The highest BCUT2D eigenvalue weighted by Crippen LogP contribution is 2.10. The van der Waals surface area contributed by atoms with Gasteiger partial charge in [-0.2, -0.15) is 0 Å². The Morgan fingerprint density at radius 1 is 1.22 bits per heavy atom. The Kier molecular flexibility index (Phi) is 7.00. The lowest BCUT2D eigenvalue weighted by molar-refractivity contribution is -0.126. The molecule has 104 valence electrons. The van der Waals surface area contributed by atoms with E-state index in [1.807, 2.05) is 13.8 Å². The summed E-state index contributed by atoms with van der Waals surface area (Å²) in [7, 11) is 3.04. The van der Waals surface area contributed by atoms with Crippen LogP contribution >= 0.6 is 0 Å². The van der Waals surface area contributed by atoms with Crippen molar-refractivity contribution in [2.75, 3.05) is 14.1 Å². The fourth-order valence-electron chi connectivity index (χ4n) is 1.49. The number of hydrogen-bond donors (Lipinski definition) is 2. The Morgan fingerprint density at radius 2 is 1.78 bits per heavy atom.